The van der Waals surface area contributed by atoms with Crippen LogP contribution < -0.4 is 10.3 Å². The maximum absolute atomic E-state index is 13.5. The molecule has 0 spiro atoms. The number of fused-ring (bicyclic) bond motifs is 5. The van der Waals surface area contributed by atoms with E-state index in [9.17, 15) is 30.8 Å². The molecule has 0 atom stereocenters. The van der Waals surface area contributed by atoms with Gasteiger partial charge in [-0.05, 0) is 54.6 Å². The highest BCUT2D eigenvalue weighted by molar-refractivity contribution is 7.91. The number of benzene rings is 2. The summed E-state index contributed by atoms with van der Waals surface area (Å²) in [5.74, 6) is -1.10. The van der Waals surface area contributed by atoms with Crippen LogP contribution in [0.5, 0.6) is 5.75 Å². The first kappa shape index (κ1) is 20.9. The van der Waals surface area contributed by atoms with Crippen molar-refractivity contribution >= 4 is 37.2 Å². The maximum atomic E-state index is 13.5. The molecule has 3 aromatic heterocycles. The van der Waals surface area contributed by atoms with E-state index in [1.165, 1.54) is 35.0 Å². The van der Waals surface area contributed by atoms with E-state index >= 15 is 0 Å². The molecule has 0 fully saturated rings. The molecule has 0 amide bonds. The molecule has 0 aliphatic rings. The molecule has 3 heterocycles. The van der Waals surface area contributed by atoms with Crippen molar-refractivity contribution in [1.82, 2.24) is 14.6 Å². The molecule has 5 aromatic rings. The summed E-state index contributed by atoms with van der Waals surface area (Å²) in [6, 6.07) is 10.1. The minimum absolute atomic E-state index is 0.111. The Morgan fingerprint density at radius 2 is 1.70 bits per heavy atom. The number of alkyl halides is 3. The number of halogens is 4. The zero-order valence-electron chi connectivity index (χ0n) is 16.2. The summed E-state index contributed by atoms with van der Waals surface area (Å²) in [4.78, 5) is 14.8. The Balaban J connectivity index is 1.65. The van der Waals surface area contributed by atoms with Gasteiger partial charge in [0.05, 0.1) is 26.2 Å². The fourth-order valence-electron chi connectivity index (χ4n) is 3.57. The molecule has 0 radical (unpaired) electrons. The van der Waals surface area contributed by atoms with Gasteiger partial charge in [0, 0.05) is 11.6 Å². The van der Waals surface area contributed by atoms with Gasteiger partial charge in [-0.3, -0.25) is 4.79 Å². The third-order valence-corrected chi connectivity index (χ3v) is 6.76. The molecule has 1 N–H and O–H groups in total. The van der Waals surface area contributed by atoms with Gasteiger partial charge in [-0.15, -0.1) is 13.2 Å². The van der Waals surface area contributed by atoms with Crippen LogP contribution in [0.1, 0.15) is 0 Å². The first-order valence-corrected chi connectivity index (χ1v) is 10.8. The largest absolute Gasteiger partial charge is 0.573 e. The van der Waals surface area contributed by atoms with Gasteiger partial charge in [-0.25, -0.2) is 17.3 Å². The fourth-order valence-corrected chi connectivity index (χ4v) is 4.85. The number of nitrogens with zero attached hydrogens (tertiary/aromatic N) is 2. The predicted octanol–water partition coefficient (Wildman–Crippen LogP) is 4.20. The molecule has 12 heteroatoms. The van der Waals surface area contributed by atoms with Crippen LogP contribution in [-0.4, -0.2) is 29.4 Å². The standard InChI is InChI=1S/C21H11F4N3O4S/c22-11-1-6-15-16(9-11)26-20(29)18-17-10-14(7-8-28(17)27-19(15)18)33(30,31)13-4-2-12(3-5-13)32-21(23,24)25/h1-10H,(H,26,29). The molecule has 0 saturated carbocycles. The van der Waals surface area contributed by atoms with Gasteiger partial charge in [-0.1, -0.05) is 0 Å². The summed E-state index contributed by atoms with van der Waals surface area (Å²) in [5.41, 5.74) is 0.110. The predicted molar refractivity (Wildman–Crippen MR) is 109 cm³/mol. The number of hydrogen-bond acceptors (Lipinski definition) is 5. The highest BCUT2D eigenvalue weighted by Crippen LogP contribution is 2.29. The van der Waals surface area contributed by atoms with E-state index in [0.717, 1.165) is 30.3 Å². The lowest BCUT2D eigenvalue weighted by molar-refractivity contribution is -0.274. The number of rotatable bonds is 3. The molecule has 0 unspecified atom stereocenters. The lowest BCUT2D eigenvalue weighted by Crippen LogP contribution is -2.17. The molecule has 2 aromatic carbocycles. The Morgan fingerprint density at radius 1 is 0.970 bits per heavy atom. The number of H-pyrrole nitrogens is 1. The molecule has 5 rings (SSSR count). The van der Waals surface area contributed by atoms with Gasteiger partial charge in [-0.2, -0.15) is 5.10 Å². The van der Waals surface area contributed by atoms with Crippen molar-refractivity contribution in [1.29, 1.82) is 0 Å². The topological polar surface area (TPSA) is 93.5 Å². The lowest BCUT2D eigenvalue weighted by atomic mass is 10.1. The van der Waals surface area contributed by atoms with Gasteiger partial charge in [0.25, 0.3) is 5.56 Å². The zero-order valence-corrected chi connectivity index (χ0v) is 17.0. The number of ether oxygens (including phenoxy) is 1. The Kier molecular flexibility index (Phi) is 4.47. The van der Waals surface area contributed by atoms with Crippen molar-refractivity contribution in [2.24, 2.45) is 0 Å². The van der Waals surface area contributed by atoms with E-state index in [0.29, 0.717) is 5.39 Å². The molecule has 0 aliphatic carbocycles. The summed E-state index contributed by atoms with van der Waals surface area (Å²) in [6.45, 7) is 0. The molecule has 7 nitrogen and oxygen atoms in total. The van der Waals surface area contributed by atoms with Crippen LogP contribution in [-0.2, 0) is 9.84 Å². The zero-order chi connectivity index (χ0) is 23.5. The second-order valence-corrected chi connectivity index (χ2v) is 9.03. The Bertz CT molecular complexity index is 1720. The Morgan fingerprint density at radius 3 is 2.39 bits per heavy atom. The maximum Gasteiger partial charge on any atom is 0.573 e. The second kappa shape index (κ2) is 7.04. The number of hydrogen-bond donors (Lipinski definition) is 1. The van der Waals surface area contributed by atoms with Crippen molar-refractivity contribution in [3.05, 3.63) is 77.0 Å². The highest BCUT2D eigenvalue weighted by Gasteiger charge is 2.31. The summed E-state index contributed by atoms with van der Waals surface area (Å²) in [6.07, 6.45) is -3.56. The molecular formula is C21H11F4N3O4S. The number of pyridine rings is 2. The number of aromatic nitrogens is 3. The van der Waals surface area contributed by atoms with E-state index in [1.54, 1.807) is 0 Å². The van der Waals surface area contributed by atoms with E-state index in [2.05, 4.69) is 14.8 Å². The van der Waals surface area contributed by atoms with E-state index in [-0.39, 0.29) is 31.7 Å². The average Bonchev–Trinajstić information content (AvgIpc) is 3.12. The summed E-state index contributed by atoms with van der Waals surface area (Å²) < 4.78 is 81.7. The second-order valence-electron chi connectivity index (χ2n) is 7.08. The van der Waals surface area contributed by atoms with Crippen LogP contribution in [0, 0.1) is 5.82 Å². The van der Waals surface area contributed by atoms with Gasteiger partial charge in [0.2, 0.25) is 9.84 Å². The van der Waals surface area contributed by atoms with Gasteiger partial charge >= 0.3 is 6.36 Å². The van der Waals surface area contributed by atoms with Crippen LogP contribution >= 0.6 is 0 Å². The minimum atomic E-state index is -4.91. The molecule has 168 valence electrons. The molecule has 0 saturated heterocycles. The van der Waals surface area contributed by atoms with Crippen LogP contribution in [0.4, 0.5) is 17.6 Å². The number of sulfone groups is 1. The van der Waals surface area contributed by atoms with E-state index < -0.39 is 33.3 Å². The number of aromatic amines is 1. The normalized spacial score (nSPS) is 12.6. The summed E-state index contributed by atoms with van der Waals surface area (Å²) in [5, 5.41) is 4.91. The highest BCUT2D eigenvalue weighted by atomic mass is 32.2. The SMILES string of the molecule is O=c1[nH]c2cc(F)ccc2c2nn3ccc(S(=O)(=O)c4ccc(OC(F)(F)F)cc4)cc3c12. The third kappa shape index (κ3) is 3.57. The van der Waals surface area contributed by atoms with Crippen LogP contribution in [0.2, 0.25) is 0 Å². The van der Waals surface area contributed by atoms with Crippen molar-refractivity contribution in [3.63, 3.8) is 0 Å². The summed E-state index contributed by atoms with van der Waals surface area (Å²) >= 11 is 0. The van der Waals surface area contributed by atoms with E-state index in [4.69, 9.17) is 0 Å². The first-order valence-electron chi connectivity index (χ1n) is 9.27. The van der Waals surface area contributed by atoms with E-state index in [1.807, 2.05) is 0 Å². The van der Waals surface area contributed by atoms with Crippen molar-refractivity contribution in [3.8, 4) is 5.75 Å². The summed E-state index contributed by atoms with van der Waals surface area (Å²) in [7, 11) is -4.14. The minimum Gasteiger partial charge on any atom is -0.406 e. The van der Waals surface area contributed by atoms with Crippen molar-refractivity contribution in [2.75, 3.05) is 0 Å². The average molecular weight is 477 g/mol. The molecule has 0 aliphatic heterocycles. The quantitative estimate of drug-likeness (QED) is 0.393. The van der Waals surface area contributed by atoms with Gasteiger partial charge < -0.3 is 9.72 Å². The Hall–Kier alpha value is -3.93. The lowest BCUT2D eigenvalue weighted by Gasteiger charge is -2.10. The van der Waals surface area contributed by atoms with Crippen molar-refractivity contribution < 1.29 is 30.7 Å². The fraction of sp³-hybridized carbons (Fsp3) is 0.0476. The molecule has 33 heavy (non-hydrogen) atoms. The molecular weight excluding hydrogens is 466 g/mol. The third-order valence-electron chi connectivity index (χ3n) is 5.00. The van der Waals surface area contributed by atoms with Crippen molar-refractivity contribution in [2.45, 2.75) is 16.2 Å². The van der Waals surface area contributed by atoms with Crippen LogP contribution in [0.3, 0.4) is 0 Å². The monoisotopic (exact) mass is 477 g/mol. The number of nitrogens with one attached hydrogen (secondary N) is 1. The Labute approximate surface area is 181 Å². The molecule has 0 bridgehead atoms. The van der Waals surface area contributed by atoms with Gasteiger partial charge in [0.15, 0.2) is 0 Å². The van der Waals surface area contributed by atoms with Crippen LogP contribution in [0.25, 0.3) is 27.3 Å². The van der Waals surface area contributed by atoms with Gasteiger partial charge in [0.1, 0.15) is 17.1 Å². The smallest absolute Gasteiger partial charge is 0.406 e. The first-order chi connectivity index (χ1) is 15.5. The van der Waals surface area contributed by atoms with Crippen LogP contribution in [0.15, 0.2) is 75.4 Å².